The number of hydrogen-bond acceptors (Lipinski definition) is 6. The molecule has 0 unspecified atom stereocenters. The predicted molar refractivity (Wildman–Crippen MR) is 103 cm³/mol. The highest BCUT2D eigenvalue weighted by molar-refractivity contribution is 7.99. The molecule has 0 bridgehead atoms. The van der Waals surface area contributed by atoms with Gasteiger partial charge in [0.1, 0.15) is 5.75 Å². The highest BCUT2D eigenvalue weighted by Crippen LogP contribution is 2.28. The van der Waals surface area contributed by atoms with Crippen LogP contribution in [0.25, 0.3) is 11.4 Å². The largest absolute Gasteiger partial charge is 0.495 e. The van der Waals surface area contributed by atoms with Crippen molar-refractivity contribution < 1.29 is 9.53 Å². The Morgan fingerprint density at radius 2 is 1.96 bits per heavy atom. The number of anilines is 1. The average molecular weight is 390 g/mol. The van der Waals surface area contributed by atoms with E-state index in [1.54, 1.807) is 31.4 Å². The summed E-state index contributed by atoms with van der Waals surface area (Å²) < 4.78 is 6.53. The zero-order valence-corrected chi connectivity index (χ0v) is 15.4. The van der Waals surface area contributed by atoms with Crippen LogP contribution in [0, 0.1) is 0 Å². The summed E-state index contributed by atoms with van der Waals surface area (Å²) in [5.41, 5.74) is 1.28. The van der Waals surface area contributed by atoms with Gasteiger partial charge < -0.3 is 15.9 Å². The molecule has 0 radical (unpaired) electrons. The monoisotopic (exact) mass is 389 g/mol. The fraction of sp³-hybridized carbons (Fsp3) is 0.118. The fourth-order valence-corrected chi connectivity index (χ4v) is 3.14. The van der Waals surface area contributed by atoms with Crippen molar-refractivity contribution in [2.45, 2.75) is 5.16 Å². The second kappa shape index (κ2) is 8.11. The van der Waals surface area contributed by atoms with Gasteiger partial charge in [0.25, 0.3) is 0 Å². The molecule has 3 aromatic rings. The summed E-state index contributed by atoms with van der Waals surface area (Å²) in [6.07, 6.45) is 0. The molecule has 0 aliphatic heterocycles. The summed E-state index contributed by atoms with van der Waals surface area (Å²) >= 11 is 7.34. The van der Waals surface area contributed by atoms with Gasteiger partial charge >= 0.3 is 0 Å². The van der Waals surface area contributed by atoms with Gasteiger partial charge in [0.15, 0.2) is 5.82 Å². The molecule has 1 heterocycles. The average Bonchev–Trinajstić information content (AvgIpc) is 3.01. The Hall–Kier alpha value is -2.71. The van der Waals surface area contributed by atoms with Gasteiger partial charge in [0.2, 0.25) is 11.1 Å². The Morgan fingerprint density at radius 1 is 1.23 bits per heavy atom. The highest BCUT2D eigenvalue weighted by atomic mass is 35.5. The van der Waals surface area contributed by atoms with Gasteiger partial charge in [-0.2, -0.15) is 0 Å². The number of nitrogens with one attached hydrogen (secondary N) is 1. The van der Waals surface area contributed by atoms with Crippen molar-refractivity contribution in [3.63, 3.8) is 0 Å². The first-order valence-corrected chi connectivity index (χ1v) is 8.97. The summed E-state index contributed by atoms with van der Waals surface area (Å²) in [6.45, 7) is 0. The number of aromatic nitrogens is 3. The molecule has 1 amide bonds. The van der Waals surface area contributed by atoms with Gasteiger partial charge in [-0.1, -0.05) is 47.6 Å². The number of amides is 1. The predicted octanol–water partition coefficient (Wildman–Crippen LogP) is 3.05. The molecule has 0 saturated carbocycles. The molecule has 0 saturated heterocycles. The van der Waals surface area contributed by atoms with E-state index >= 15 is 0 Å². The SMILES string of the molecule is COc1ccccc1NC(=O)CSc1nnc(-c2ccccc2Cl)n1N. The van der Waals surface area contributed by atoms with Crippen molar-refractivity contribution in [2.75, 3.05) is 24.0 Å². The lowest BCUT2D eigenvalue weighted by Crippen LogP contribution is -2.16. The Labute approximate surface area is 159 Å². The van der Waals surface area contributed by atoms with E-state index in [1.807, 2.05) is 24.3 Å². The number of nitrogens with zero attached hydrogens (tertiary/aromatic N) is 3. The lowest BCUT2D eigenvalue weighted by molar-refractivity contribution is -0.113. The van der Waals surface area contributed by atoms with E-state index in [-0.39, 0.29) is 11.7 Å². The van der Waals surface area contributed by atoms with Crippen LogP contribution >= 0.6 is 23.4 Å². The number of methoxy groups -OCH3 is 1. The van der Waals surface area contributed by atoms with Crippen LogP contribution in [-0.4, -0.2) is 33.6 Å². The molecule has 2 aromatic carbocycles. The van der Waals surface area contributed by atoms with E-state index in [0.29, 0.717) is 33.0 Å². The van der Waals surface area contributed by atoms with Crippen LogP contribution < -0.4 is 15.9 Å². The number of para-hydroxylation sites is 2. The summed E-state index contributed by atoms with van der Waals surface area (Å²) in [6, 6.07) is 14.4. The zero-order valence-electron chi connectivity index (χ0n) is 13.8. The zero-order chi connectivity index (χ0) is 18.5. The van der Waals surface area contributed by atoms with Gasteiger partial charge in [0, 0.05) is 5.56 Å². The lowest BCUT2D eigenvalue weighted by Gasteiger charge is -2.09. The highest BCUT2D eigenvalue weighted by Gasteiger charge is 2.16. The van der Waals surface area contributed by atoms with Crippen LogP contribution in [0.3, 0.4) is 0 Å². The summed E-state index contributed by atoms with van der Waals surface area (Å²) in [7, 11) is 1.55. The molecule has 9 heteroatoms. The maximum atomic E-state index is 12.2. The van der Waals surface area contributed by atoms with Crippen LogP contribution in [0.2, 0.25) is 5.02 Å². The van der Waals surface area contributed by atoms with E-state index in [4.69, 9.17) is 22.2 Å². The van der Waals surface area contributed by atoms with Gasteiger partial charge in [-0.15, -0.1) is 10.2 Å². The van der Waals surface area contributed by atoms with Crippen molar-refractivity contribution in [3.8, 4) is 17.1 Å². The van der Waals surface area contributed by atoms with Crippen molar-refractivity contribution in [2.24, 2.45) is 0 Å². The Bertz CT molecular complexity index is 931. The molecule has 1 aromatic heterocycles. The van der Waals surface area contributed by atoms with Gasteiger partial charge in [-0.3, -0.25) is 4.79 Å². The number of halogens is 1. The second-order valence-electron chi connectivity index (χ2n) is 5.19. The van der Waals surface area contributed by atoms with Crippen molar-refractivity contribution in [1.29, 1.82) is 0 Å². The molecule has 134 valence electrons. The van der Waals surface area contributed by atoms with E-state index in [9.17, 15) is 4.79 Å². The van der Waals surface area contributed by atoms with Crippen LogP contribution in [0.5, 0.6) is 5.75 Å². The van der Waals surface area contributed by atoms with Gasteiger partial charge in [-0.25, -0.2) is 4.68 Å². The van der Waals surface area contributed by atoms with Crippen molar-refractivity contribution >= 4 is 35.0 Å². The number of carbonyl (C=O) groups excluding carboxylic acids is 1. The minimum Gasteiger partial charge on any atom is -0.495 e. The number of carbonyl (C=O) groups is 1. The summed E-state index contributed by atoms with van der Waals surface area (Å²) in [4.78, 5) is 12.2. The van der Waals surface area contributed by atoms with Crippen LogP contribution in [0.4, 0.5) is 5.69 Å². The second-order valence-corrected chi connectivity index (χ2v) is 6.54. The Morgan fingerprint density at radius 3 is 2.73 bits per heavy atom. The molecular weight excluding hydrogens is 374 g/mol. The smallest absolute Gasteiger partial charge is 0.234 e. The molecule has 0 spiro atoms. The van der Waals surface area contributed by atoms with Crippen molar-refractivity contribution in [1.82, 2.24) is 14.9 Å². The normalized spacial score (nSPS) is 10.5. The van der Waals surface area contributed by atoms with Gasteiger partial charge in [-0.05, 0) is 24.3 Å². The number of hydrogen-bond donors (Lipinski definition) is 2. The number of nitrogen functional groups attached to an aromatic ring is 1. The minimum atomic E-state index is -0.207. The van der Waals surface area contributed by atoms with E-state index in [0.717, 1.165) is 0 Å². The fourth-order valence-electron chi connectivity index (χ4n) is 2.27. The lowest BCUT2D eigenvalue weighted by atomic mass is 10.2. The maximum Gasteiger partial charge on any atom is 0.234 e. The van der Waals surface area contributed by atoms with E-state index in [1.165, 1.54) is 16.4 Å². The topological polar surface area (TPSA) is 95.1 Å². The molecule has 0 aliphatic rings. The molecule has 0 fully saturated rings. The maximum absolute atomic E-state index is 12.2. The number of thioether (sulfide) groups is 1. The molecule has 26 heavy (non-hydrogen) atoms. The third kappa shape index (κ3) is 3.92. The Kier molecular flexibility index (Phi) is 5.65. The molecule has 0 atom stereocenters. The Balaban J connectivity index is 1.67. The molecule has 7 nitrogen and oxygen atoms in total. The molecular formula is C17H16ClN5O2S. The van der Waals surface area contributed by atoms with Crippen LogP contribution in [-0.2, 0) is 4.79 Å². The quantitative estimate of drug-likeness (QED) is 0.497. The molecule has 3 N–H and O–H groups in total. The number of nitrogens with two attached hydrogens (primary N) is 1. The first-order valence-electron chi connectivity index (χ1n) is 7.61. The first kappa shape index (κ1) is 18.1. The summed E-state index contributed by atoms with van der Waals surface area (Å²) in [5, 5.41) is 11.8. The summed E-state index contributed by atoms with van der Waals surface area (Å²) in [5.74, 6) is 6.99. The van der Waals surface area contributed by atoms with E-state index < -0.39 is 0 Å². The standard InChI is InChI=1S/C17H16ClN5O2S/c1-25-14-9-5-4-8-13(14)20-15(24)10-26-17-22-21-16(23(17)19)11-6-2-3-7-12(11)18/h2-9H,10,19H2,1H3,(H,20,24). The first-order chi connectivity index (χ1) is 12.6. The number of rotatable bonds is 6. The molecule has 0 aliphatic carbocycles. The van der Waals surface area contributed by atoms with Gasteiger partial charge in [0.05, 0.1) is 23.6 Å². The molecule has 3 rings (SSSR count). The van der Waals surface area contributed by atoms with Crippen molar-refractivity contribution in [3.05, 3.63) is 53.6 Å². The number of benzene rings is 2. The van der Waals surface area contributed by atoms with E-state index in [2.05, 4.69) is 15.5 Å². The van der Waals surface area contributed by atoms with Crippen LogP contribution in [0.1, 0.15) is 0 Å². The third-order valence-corrected chi connectivity index (χ3v) is 4.77. The van der Waals surface area contributed by atoms with Crippen LogP contribution in [0.15, 0.2) is 53.7 Å². The number of ether oxygens (including phenoxy) is 1. The minimum absolute atomic E-state index is 0.121. The third-order valence-electron chi connectivity index (χ3n) is 3.49.